The van der Waals surface area contributed by atoms with E-state index < -0.39 is 0 Å². The Morgan fingerprint density at radius 3 is 2.79 bits per heavy atom. The molecular weight excluding hydrogens is 234 g/mol. The molecule has 1 unspecified atom stereocenters. The number of aromatic amines is 1. The zero-order valence-corrected chi connectivity index (χ0v) is 11.3. The number of hydrogen-bond acceptors (Lipinski definition) is 1. The van der Waals surface area contributed by atoms with E-state index in [4.69, 9.17) is 4.74 Å². The fourth-order valence-electron chi connectivity index (χ4n) is 4.04. The number of benzene rings is 1. The fourth-order valence-corrected chi connectivity index (χ4v) is 4.04. The first-order valence-electron chi connectivity index (χ1n) is 7.61. The molecule has 0 radical (unpaired) electrons. The number of aromatic nitrogens is 1. The van der Waals surface area contributed by atoms with Crippen molar-refractivity contribution >= 4 is 10.9 Å². The highest BCUT2D eigenvalue weighted by molar-refractivity contribution is 5.85. The maximum Gasteiger partial charge on any atom is 0.0468 e. The average Bonchev–Trinajstić information content (AvgIpc) is 2.87. The summed E-state index contributed by atoms with van der Waals surface area (Å²) in [5.41, 5.74) is 4.46. The van der Waals surface area contributed by atoms with Crippen molar-refractivity contribution in [2.75, 3.05) is 13.2 Å². The molecule has 1 aliphatic carbocycles. The number of aryl methyl sites for hydroxylation is 1. The summed E-state index contributed by atoms with van der Waals surface area (Å²) in [6.07, 6.45) is 6.42. The maximum atomic E-state index is 5.53. The van der Waals surface area contributed by atoms with Crippen molar-refractivity contribution in [1.29, 1.82) is 0 Å². The lowest BCUT2D eigenvalue weighted by molar-refractivity contribution is 0.0553. The second-order valence-corrected chi connectivity index (χ2v) is 6.01. The molecule has 1 aromatic heterocycles. The van der Waals surface area contributed by atoms with Gasteiger partial charge < -0.3 is 9.72 Å². The van der Waals surface area contributed by atoms with Gasteiger partial charge in [0.05, 0.1) is 0 Å². The molecule has 0 amide bonds. The van der Waals surface area contributed by atoms with Crippen LogP contribution in [0.2, 0.25) is 0 Å². The lowest BCUT2D eigenvalue weighted by atomic mass is 9.76. The van der Waals surface area contributed by atoms with Crippen LogP contribution in [0, 0.1) is 5.92 Å². The molecule has 19 heavy (non-hydrogen) atoms. The summed E-state index contributed by atoms with van der Waals surface area (Å²) >= 11 is 0. The molecule has 2 heteroatoms. The molecule has 1 fully saturated rings. The second-order valence-electron chi connectivity index (χ2n) is 6.01. The number of fused-ring (bicyclic) bond motifs is 3. The maximum absolute atomic E-state index is 5.53. The van der Waals surface area contributed by atoms with Crippen molar-refractivity contribution < 1.29 is 4.74 Å². The van der Waals surface area contributed by atoms with Gasteiger partial charge in [-0.1, -0.05) is 18.2 Å². The molecule has 2 heterocycles. The summed E-state index contributed by atoms with van der Waals surface area (Å²) in [6, 6.07) is 8.79. The summed E-state index contributed by atoms with van der Waals surface area (Å²) < 4.78 is 5.53. The van der Waals surface area contributed by atoms with Crippen LogP contribution in [-0.4, -0.2) is 18.2 Å². The number of H-pyrrole nitrogens is 1. The molecule has 4 rings (SSSR count). The van der Waals surface area contributed by atoms with Crippen LogP contribution in [0.1, 0.15) is 42.9 Å². The van der Waals surface area contributed by atoms with E-state index >= 15 is 0 Å². The topological polar surface area (TPSA) is 25.0 Å². The Morgan fingerprint density at radius 2 is 1.89 bits per heavy atom. The average molecular weight is 255 g/mol. The molecule has 1 aliphatic heterocycles. The molecular formula is C17H21NO. The summed E-state index contributed by atoms with van der Waals surface area (Å²) in [6.45, 7) is 1.91. The Labute approximate surface area is 114 Å². The first-order chi connectivity index (χ1) is 9.43. The quantitative estimate of drug-likeness (QED) is 0.818. The Morgan fingerprint density at radius 1 is 1.05 bits per heavy atom. The molecule has 1 atom stereocenters. The van der Waals surface area contributed by atoms with Crippen LogP contribution in [-0.2, 0) is 11.2 Å². The first-order valence-corrected chi connectivity index (χ1v) is 7.61. The van der Waals surface area contributed by atoms with Gasteiger partial charge >= 0.3 is 0 Å². The molecule has 2 aliphatic rings. The van der Waals surface area contributed by atoms with Crippen LogP contribution < -0.4 is 0 Å². The van der Waals surface area contributed by atoms with Crippen LogP contribution in [0.25, 0.3) is 10.9 Å². The third-order valence-electron chi connectivity index (χ3n) is 4.99. The Hall–Kier alpha value is -1.28. The minimum atomic E-state index is 0.736. The number of para-hydroxylation sites is 1. The molecule has 2 aromatic rings. The van der Waals surface area contributed by atoms with Gasteiger partial charge in [0.2, 0.25) is 0 Å². The van der Waals surface area contributed by atoms with E-state index in [1.54, 1.807) is 11.3 Å². The highest BCUT2D eigenvalue weighted by Crippen LogP contribution is 2.42. The third-order valence-corrected chi connectivity index (χ3v) is 4.99. The van der Waals surface area contributed by atoms with Crippen molar-refractivity contribution in [2.45, 2.75) is 38.0 Å². The summed E-state index contributed by atoms with van der Waals surface area (Å²) in [5, 5.41) is 1.45. The third kappa shape index (κ3) is 1.90. The molecule has 0 saturated carbocycles. The largest absolute Gasteiger partial charge is 0.381 e. The predicted octanol–water partition coefficient (Wildman–Crippen LogP) is 4.01. The summed E-state index contributed by atoms with van der Waals surface area (Å²) in [7, 11) is 0. The number of nitrogens with one attached hydrogen (secondary N) is 1. The van der Waals surface area contributed by atoms with Crippen molar-refractivity contribution in [1.82, 2.24) is 4.98 Å². The van der Waals surface area contributed by atoms with Crippen LogP contribution in [0.5, 0.6) is 0 Å². The molecule has 0 spiro atoms. The van der Waals surface area contributed by atoms with Gasteiger partial charge in [-0.05, 0) is 49.7 Å². The molecule has 1 aromatic carbocycles. The molecule has 100 valence electrons. The summed E-state index contributed by atoms with van der Waals surface area (Å²) in [5.74, 6) is 1.56. The van der Waals surface area contributed by atoms with E-state index in [2.05, 4.69) is 29.2 Å². The van der Waals surface area contributed by atoms with Crippen molar-refractivity contribution in [2.24, 2.45) is 5.92 Å². The van der Waals surface area contributed by atoms with Gasteiger partial charge in [0.15, 0.2) is 0 Å². The Balaban J connectivity index is 1.77. The predicted molar refractivity (Wildman–Crippen MR) is 77.5 cm³/mol. The fraction of sp³-hybridized carbons (Fsp3) is 0.529. The van der Waals surface area contributed by atoms with Crippen molar-refractivity contribution in [3.8, 4) is 0 Å². The van der Waals surface area contributed by atoms with Gasteiger partial charge in [-0.25, -0.2) is 0 Å². The van der Waals surface area contributed by atoms with E-state index in [9.17, 15) is 0 Å². The molecule has 0 bridgehead atoms. The Bertz CT molecular complexity index is 580. The summed E-state index contributed by atoms with van der Waals surface area (Å²) in [4.78, 5) is 3.72. The minimum absolute atomic E-state index is 0.736. The number of rotatable bonds is 1. The van der Waals surface area contributed by atoms with Crippen LogP contribution in [0.15, 0.2) is 24.3 Å². The minimum Gasteiger partial charge on any atom is -0.381 e. The van der Waals surface area contributed by atoms with E-state index in [0.717, 1.165) is 25.0 Å². The smallest absolute Gasteiger partial charge is 0.0468 e. The van der Waals surface area contributed by atoms with E-state index in [-0.39, 0.29) is 0 Å². The van der Waals surface area contributed by atoms with Gasteiger partial charge in [0.25, 0.3) is 0 Å². The standard InChI is InChI=1S/C17H21NO/c1-2-7-16-14(4-1)15-6-3-5-13(17(15)18-16)12-8-10-19-11-9-12/h1-2,4,7,12-13,18H,3,5-6,8-11H2. The lowest BCUT2D eigenvalue weighted by Gasteiger charge is -2.33. The van der Waals surface area contributed by atoms with Gasteiger partial charge in [-0.3, -0.25) is 0 Å². The Kier molecular flexibility index (Phi) is 2.84. The van der Waals surface area contributed by atoms with Crippen LogP contribution >= 0.6 is 0 Å². The van der Waals surface area contributed by atoms with Gasteiger partial charge in [0, 0.05) is 35.7 Å². The van der Waals surface area contributed by atoms with Gasteiger partial charge in [0.1, 0.15) is 0 Å². The normalized spacial score (nSPS) is 24.5. The van der Waals surface area contributed by atoms with Crippen LogP contribution in [0.3, 0.4) is 0 Å². The number of ether oxygens (including phenoxy) is 1. The zero-order chi connectivity index (χ0) is 12.7. The highest BCUT2D eigenvalue weighted by atomic mass is 16.5. The van der Waals surface area contributed by atoms with E-state index in [0.29, 0.717) is 0 Å². The zero-order valence-electron chi connectivity index (χ0n) is 11.3. The van der Waals surface area contributed by atoms with Crippen molar-refractivity contribution in [3.05, 3.63) is 35.5 Å². The van der Waals surface area contributed by atoms with Crippen molar-refractivity contribution in [3.63, 3.8) is 0 Å². The molecule has 2 nitrogen and oxygen atoms in total. The molecule has 1 N–H and O–H groups in total. The van der Waals surface area contributed by atoms with E-state index in [1.165, 1.54) is 43.0 Å². The first kappa shape index (κ1) is 11.5. The number of hydrogen-bond donors (Lipinski definition) is 1. The van der Waals surface area contributed by atoms with Gasteiger partial charge in [-0.2, -0.15) is 0 Å². The monoisotopic (exact) mass is 255 g/mol. The van der Waals surface area contributed by atoms with Gasteiger partial charge in [-0.15, -0.1) is 0 Å². The van der Waals surface area contributed by atoms with E-state index in [1.807, 2.05) is 0 Å². The lowest BCUT2D eigenvalue weighted by Crippen LogP contribution is -2.24. The van der Waals surface area contributed by atoms with Crippen LogP contribution in [0.4, 0.5) is 0 Å². The SMILES string of the molecule is c1ccc2c3c([nH]c2c1)C(C1CCOCC1)CCC3. The molecule has 1 saturated heterocycles. The highest BCUT2D eigenvalue weighted by Gasteiger charge is 2.31. The second kappa shape index (κ2) is 4.68.